The highest BCUT2D eigenvalue weighted by atomic mass is 19.4. The fourth-order valence-corrected chi connectivity index (χ4v) is 2.64. The van der Waals surface area contributed by atoms with Crippen molar-refractivity contribution >= 4 is 11.9 Å². The summed E-state index contributed by atoms with van der Waals surface area (Å²) in [6.45, 7) is 1.33. The molecule has 1 saturated carbocycles. The zero-order valence-electron chi connectivity index (χ0n) is 13.7. The van der Waals surface area contributed by atoms with Crippen molar-refractivity contribution in [2.24, 2.45) is 0 Å². The maximum absolute atomic E-state index is 13.0. The third-order valence-corrected chi connectivity index (χ3v) is 4.15. The molecule has 1 aliphatic rings. The molecule has 9 heteroatoms. The molecule has 0 bridgehead atoms. The van der Waals surface area contributed by atoms with Crippen molar-refractivity contribution in [2.45, 2.75) is 37.9 Å². The number of benzene rings is 1. The third kappa shape index (κ3) is 3.56. The van der Waals surface area contributed by atoms with Crippen molar-refractivity contribution in [1.82, 2.24) is 15.1 Å². The number of amides is 1. The molecule has 1 heterocycles. The number of aliphatic carboxylic acids is 1. The summed E-state index contributed by atoms with van der Waals surface area (Å²) in [6.07, 6.45) is -1.64. The number of nitrogens with one attached hydrogen (secondary N) is 1. The van der Waals surface area contributed by atoms with E-state index in [1.165, 1.54) is 29.9 Å². The van der Waals surface area contributed by atoms with E-state index in [4.69, 9.17) is 5.11 Å². The number of aromatic nitrogens is 2. The summed E-state index contributed by atoms with van der Waals surface area (Å²) in [6, 6.07) is 3.61. The van der Waals surface area contributed by atoms with Gasteiger partial charge in [0.2, 0.25) is 0 Å². The molecular formula is C17H16F3N3O3. The standard InChI is InChI=1S/C17H16F3N3O3/c1-9(16(25)26)22-15(24)13-8-21-23(14(13)10-5-6-10)12-4-2-3-11(7-12)17(18,19)20/h2-4,7-10H,5-6H2,1H3,(H,22,24)(H,25,26). The van der Waals surface area contributed by atoms with Gasteiger partial charge in [-0.15, -0.1) is 0 Å². The van der Waals surface area contributed by atoms with Crippen LogP contribution >= 0.6 is 0 Å². The summed E-state index contributed by atoms with van der Waals surface area (Å²) >= 11 is 0. The number of carbonyl (C=O) groups excluding carboxylic acids is 1. The lowest BCUT2D eigenvalue weighted by Gasteiger charge is -2.13. The van der Waals surface area contributed by atoms with Crippen LogP contribution in [0.15, 0.2) is 30.5 Å². The SMILES string of the molecule is CC(NC(=O)c1cnn(-c2cccc(C(F)(F)F)c2)c1C1CC1)C(=O)O. The fourth-order valence-electron chi connectivity index (χ4n) is 2.64. The van der Waals surface area contributed by atoms with Gasteiger partial charge in [-0.3, -0.25) is 9.59 Å². The van der Waals surface area contributed by atoms with Crippen LogP contribution in [0.1, 0.15) is 47.3 Å². The van der Waals surface area contributed by atoms with Crippen LogP contribution in [0, 0.1) is 0 Å². The van der Waals surface area contributed by atoms with Crippen LogP contribution in [0.25, 0.3) is 5.69 Å². The molecule has 1 aliphatic carbocycles. The summed E-state index contributed by atoms with van der Waals surface area (Å²) in [5.41, 5.74) is 0.0715. The number of carboxylic acids is 1. The first kappa shape index (κ1) is 18.0. The highest BCUT2D eigenvalue weighted by Gasteiger charge is 2.35. The van der Waals surface area contributed by atoms with Crippen molar-refractivity contribution in [2.75, 3.05) is 0 Å². The predicted octanol–water partition coefficient (Wildman–Crippen LogP) is 2.97. The second-order valence-electron chi connectivity index (χ2n) is 6.21. The van der Waals surface area contributed by atoms with E-state index in [0.717, 1.165) is 25.0 Å². The smallest absolute Gasteiger partial charge is 0.416 e. The maximum Gasteiger partial charge on any atom is 0.416 e. The van der Waals surface area contributed by atoms with Gasteiger partial charge >= 0.3 is 12.1 Å². The molecule has 138 valence electrons. The van der Waals surface area contributed by atoms with E-state index in [-0.39, 0.29) is 17.2 Å². The number of hydrogen-bond donors (Lipinski definition) is 2. The van der Waals surface area contributed by atoms with E-state index < -0.39 is 29.7 Å². The summed E-state index contributed by atoms with van der Waals surface area (Å²) in [4.78, 5) is 23.3. The van der Waals surface area contributed by atoms with E-state index in [1.54, 1.807) is 0 Å². The highest BCUT2D eigenvalue weighted by molar-refractivity contribution is 5.97. The zero-order chi connectivity index (χ0) is 19.1. The molecule has 0 radical (unpaired) electrons. The molecule has 1 atom stereocenters. The largest absolute Gasteiger partial charge is 0.480 e. The van der Waals surface area contributed by atoms with Crippen LogP contribution in [-0.2, 0) is 11.0 Å². The number of nitrogens with zero attached hydrogens (tertiary/aromatic N) is 2. The molecule has 1 aromatic heterocycles. The number of halogens is 3. The Morgan fingerprint density at radius 2 is 2.04 bits per heavy atom. The van der Waals surface area contributed by atoms with Gasteiger partial charge in [0.25, 0.3) is 5.91 Å². The topological polar surface area (TPSA) is 84.2 Å². The lowest BCUT2D eigenvalue weighted by molar-refractivity contribution is -0.139. The average Bonchev–Trinajstić information content (AvgIpc) is 3.31. The fraction of sp³-hybridized carbons (Fsp3) is 0.353. The molecule has 3 rings (SSSR count). The van der Waals surface area contributed by atoms with Gasteiger partial charge in [-0.05, 0) is 38.0 Å². The summed E-state index contributed by atoms with van der Waals surface area (Å²) in [5.74, 6) is -1.79. The van der Waals surface area contributed by atoms with Gasteiger partial charge in [-0.1, -0.05) is 6.07 Å². The minimum Gasteiger partial charge on any atom is -0.480 e. The molecule has 2 N–H and O–H groups in total. The van der Waals surface area contributed by atoms with E-state index >= 15 is 0 Å². The van der Waals surface area contributed by atoms with E-state index in [0.29, 0.717) is 5.69 Å². The number of carboxylic acid groups (broad SMARTS) is 1. The highest BCUT2D eigenvalue weighted by Crippen LogP contribution is 2.42. The number of alkyl halides is 3. The van der Waals surface area contributed by atoms with Gasteiger partial charge in [0.05, 0.1) is 28.7 Å². The Kier molecular flexibility index (Phi) is 4.47. The lowest BCUT2D eigenvalue weighted by Crippen LogP contribution is -2.38. The van der Waals surface area contributed by atoms with Gasteiger partial charge in [0, 0.05) is 5.92 Å². The average molecular weight is 367 g/mol. The molecule has 1 fully saturated rings. The zero-order valence-corrected chi connectivity index (χ0v) is 13.7. The minimum atomic E-state index is -4.49. The molecule has 26 heavy (non-hydrogen) atoms. The number of carbonyl (C=O) groups is 2. The first-order chi connectivity index (χ1) is 12.2. The van der Waals surface area contributed by atoms with E-state index in [2.05, 4.69) is 10.4 Å². The molecule has 1 amide bonds. The Labute approximate surface area is 146 Å². The predicted molar refractivity (Wildman–Crippen MR) is 85.1 cm³/mol. The van der Waals surface area contributed by atoms with Crippen molar-refractivity contribution in [3.8, 4) is 5.69 Å². The van der Waals surface area contributed by atoms with Gasteiger partial charge in [-0.2, -0.15) is 18.3 Å². The summed E-state index contributed by atoms with van der Waals surface area (Å²) < 4.78 is 40.2. The maximum atomic E-state index is 13.0. The van der Waals surface area contributed by atoms with Crippen LogP contribution in [0.4, 0.5) is 13.2 Å². The molecule has 1 aromatic carbocycles. The minimum absolute atomic E-state index is 0.00734. The van der Waals surface area contributed by atoms with Crippen molar-refractivity contribution < 1.29 is 27.9 Å². The van der Waals surface area contributed by atoms with Crippen LogP contribution in [0.5, 0.6) is 0 Å². The lowest BCUT2D eigenvalue weighted by atomic mass is 10.1. The van der Waals surface area contributed by atoms with Crippen molar-refractivity contribution in [1.29, 1.82) is 0 Å². The summed E-state index contributed by atoms with van der Waals surface area (Å²) in [5, 5.41) is 15.3. The Hall–Kier alpha value is -2.84. The second-order valence-corrected chi connectivity index (χ2v) is 6.21. The number of rotatable bonds is 5. The first-order valence-electron chi connectivity index (χ1n) is 7.97. The monoisotopic (exact) mass is 367 g/mol. The molecule has 1 unspecified atom stereocenters. The molecular weight excluding hydrogens is 351 g/mol. The van der Waals surface area contributed by atoms with Crippen LogP contribution in [0.2, 0.25) is 0 Å². The Balaban J connectivity index is 1.99. The molecule has 0 aliphatic heterocycles. The third-order valence-electron chi connectivity index (χ3n) is 4.15. The number of hydrogen-bond acceptors (Lipinski definition) is 3. The van der Waals surface area contributed by atoms with Crippen LogP contribution < -0.4 is 5.32 Å². The van der Waals surface area contributed by atoms with Crippen molar-refractivity contribution in [3.05, 3.63) is 47.3 Å². The second kappa shape index (κ2) is 6.47. The van der Waals surface area contributed by atoms with Crippen molar-refractivity contribution in [3.63, 3.8) is 0 Å². The molecule has 2 aromatic rings. The molecule has 0 saturated heterocycles. The van der Waals surface area contributed by atoms with Gasteiger partial charge in [0.15, 0.2) is 0 Å². The molecule has 6 nitrogen and oxygen atoms in total. The van der Waals surface area contributed by atoms with Gasteiger partial charge in [0.1, 0.15) is 6.04 Å². The van der Waals surface area contributed by atoms with Gasteiger partial charge < -0.3 is 10.4 Å². The van der Waals surface area contributed by atoms with E-state index in [9.17, 15) is 22.8 Å². The van der Waals surface area contributed by atoms with E-state index in [1.807, 2.05) is 0 Å². The van der Waals surface area contributed by atoms with Crippen LogP contribution in [0.3, 0.4) is 0 Å². The first-order valence-corrected chi connectivity index (χ1v) is 7.97. The van der Waals surface area contributed by atoms with Crippen LogP contribution in [-0.4, -0.2) is 32.8 Å². The Bertz CT molecular complexity index is 856. The van der Waals surface area contributed by atoms with Gasteiger partial charge in [-0.25, -0.2) is 4.68 Å². The quantitative estimate of drug-likeness (QED) is 0.851. The Morgan fingerprint density at radius 3 is 2.62 bits per heavy atom. The molecule has 0 spiro atoms. The summed E-state index contributed by atoms with van der Waals surface area (Å²) in [7, 11) is 0. The normalized spacial score (nSPS) is 15.5. The Morgan fingerprint density at radius 1 is 1.35 bits per heavy atom.